The fourth-order valence-corrected chi connectivity index (χ4v) is 1.76. The summed E-state index contributed by atoms with van der Waals surface area (Å²) in [6, 6.07) is 12.2. The van der Waals surface area contributed by atoms with Crippen molar-refractivity contribution in [1.82, 2.24) is 0 Å². The first-order valence-corrected chi connectivity index (χ1v) is 6.41. The van der Waals surface area contributed by atoms with Crippen LogP contribution in [0, 0.1) is 12.7 Å². The summed E-state index contributed by atoms with van der Waals surface area (Å²) >= 11 is 5.80. The van der Waals surface area contributed by atoms with E-state index in [-0.39, 0.29) is 5.82 Å². The molecule has 19 heavy (non-hydrogen) atoms. The van der Waals surface area contributed by atoms with E-state index < -0.39 is 0 Å². The maximum atomic E-state index is 13.1. The Kier molecular flexibility index (Phi) is 4.63. The summed E-state index contributed by atoms with van der Waals surface area (Å²) < 4.78 is 18.6. The number of hydrogen-bond acceptors (Lipinski definition) is 2. The van der Waals surface area contributed by atoms with Crippen LogP contribution in [0.2, 0.25) is 5.02 Å². The van der Waals surface area contributed by atoms with Gasteiger partial charge in [0.15, 0.2) is 0 Å². The van der Waals surface area contributed by atoms with Crippen molar-refractivity contribution in [3.8, 4) is 5.75 Å². The van der Waals surface area contributed by atoms with E-state index in [1.165, 1.54) is 6.07 Å². The van der Waals surface area contributed by atoms with E-state index in [0.717, 1.165) is 5.69 Å². The molecule has 0 saturated heterocycles. The molecule has 0 amide bonds. The lowest BCUT2D eigenvalue weighted by molar-refractivity contribution is 0.332. The molecular formula is C15H15ClFNO. The molecule has 100 valence electrons. The molecule has 2 aromatic carbocycles. The Morgan fingerprint density at radius 3 is 2.58 bits per heavy atom. The third-order valence-electron chi connectivity index (χ3n) is 2.67. The molecule has 0 atom stereocenters. The number of nitrogens with one attached hydrogen (secondary N) is 1. The molecule has 0 heterocycles. The van der Waals surface area contributed by atoms with Crippen LogP contribution in [-0.2, 0) is 0 Å². The zero-order chi connectivity index (χ0) is 13.7. The van der Waals surface area contributed by atoms with Crippen LogP contribution >= 0.6 is 11.6 Å². The standard InChI is InChI=1S/C15H15ClFNO/c1-11-10-14(6-7-15(11)17)19-9-8-18-13-4-2-12(16)3-5-13/h2-7,10,18H,8-9H2,1H3. The molecule has 0 unspecified atom stereocenters. The van der Waals surface area contributed by atoms with Crippen molar-refractivity contribution in [2.24, 2.45) is 0 Å². The molecule has 4 heteroatoms. The quantitative estimate of drug-likeness (QED) is 0.825. The van der Waals surface area contributed by atoms with Crippen molar-refractivity contribution in [2.75, 3.05) is 18.5 Å². The SMILES string of the molecule is Cc1cc(OCCNc2ccc(Cl)cc2)ccc1F. The molecule has 2 aromatic rings. The lowest BCUT2D eigenvalue weighted by Gasteiger charge is -2.09. The van der Waals surface area contributed by atoms with Crippen molar-refractivity contribution in [1.29, 1.82) is 0 Å². The second kappa shape index (κ2) is 6.43. The molecule has 0 aliphatic rings. The topological polar surface area (TPSA) is 21.3 Å². The second-order valence-corrected chi connectivity index (χ2v) is 4.63. The summed E-state index contributed by atoms with van der Waals surface area (Å²) in [6.07, 6.45) is 0. The molecule has 2 nitrogen and oxygen atoms in total. The Hall–Kier alpha value is -1.74. The average Bonchev–Trinajstić information content (AvgIpc) is 2.41. The molecule has 0 spiro atoms. The highest BCUT2D eigenvalue weighted by molar-refractivity contribution is 6.30. The molecule has 0 aliphatic heterocycles. The van der Waals surface area contributed by atoms with Crippen LogP contribution in [0.3, 0.4) is 0 Å². The highest BCUT2D eigenvalue weighted by atomic mass is 35.5. The number of hydrogen-bond donors (Lipinski definition) is 1. The van der Waals surface area contributed by atoms with Gasteiger partial charge in [-0.05, 0) is 55.0 Å². The Labute approximate surface area is 117 Å². The van der Waals surface area contributed by atoms with E-state index in [2.05, 4.69) is 5.32 Å². The van der Waals surface area contributed by atoms with Crippen molar-refractivity contribution in [2.45, 2.75) is 6.92 Å². The fourth-order valence-electron chi connectivity index (χ4n) is 1.64. The van der Waals surface area contributed by atoms with Gasteiger partial charge < -0.3 is 10.1 Å². The summed E-state index contributed by atoms with van der Waals surface area (Å²) in [5.41, 5.74) is 1.58. The minimum Gasteiger partial charge on any atom is -0.492 e. The highest BCUT2D eigenvalue weighted by Gasteiger charge is 1.99. The first-order valence-electron chi connectivity index (χ1n) is 6.03. The number of aryl methyl sites for hydroxylation is 1. The lowest BCUT2D eigenvalue weighted by atomic mass is 10.2. The van der Waals surface area contributed by atoms with Gasteiger partial charge in [0, 0.05) is 17.3 Å². The molecule has 2 rings (SSSR count). The van der Waals surface area contributed by atoms with Gasteiger partial charge in [-0.1, -0.05) is 11.6 Å². The largest absolute Gasteiger partial charge is 0.492 e. The van der Waals surface area contributed by atoms with Gasteiger partial charge in [0.05, 0.1) is 0 Å². The van der Waals surface area contributed by atoms with Crippen molar-refractivity contribution in [3.05, 3.63) is 58.9 Å². The number of halogens is 2. The third kappa shape index (κ3) is 4.14. The molecule has 0 aromatic heterocycles. The molecule has 1 N–H and O–H groups in total. The predicted octanol–water partition coefficient (Wildman–Crippen LogP) is 4.28. The van der Waals surface area contributed by atoms with E-state index in [1.807, 2.05) is 24.3 Å². The summed E-state index contributed by atoms with van der Waals surface area (Å²) in [4.78, 5) is 0. The van der Waals surface area contributed by atoms with E-state index in [9.17, 15) is 4.39 Å². The number of anilines is 1. The van der Waals surface area contributed by atoms with Crippen LogP contribution < -0.4 is 10.1 Å². The number of ether oxygens (including phenoxy) is 1. The van der Waals surface area contributed by atoms with Gasteiger partial charge in [-0.3, -0.25) is 0 Å². The van der Waals surface area contributed by atoms with Gasteiger partial charge in [0.1, 0.15) is 18.2 Å². The third-order valence-corrected chi connectivity index (χ3v) is 2.93. The molecule has 0 radical (unpaired) electrons. The number of rotatable bonds is 5. The lowest BCUT2D eigenvalue weighted by Crippen LogP contribution is -2.11. The molecule has 0 aliphatic carbocycles. The molecule has 0 saturated carbocycles. The second-order valence-electron chi connectivity index (χ2n) is 4.19. The Bertz CT molecular complexity index is 542. The fraction of sp³-hybridized carbons (Fsp3) is 0.200. The van der Waals surface area contributed by atoms with Crippen molar-refractivity contribution < 1.29 is 9.13 Å². The first-order chi connectivity index (χ1) is 9.15. The van der Waals surface area contributed by atoms with Gasteiger partial charge in [-0.2, -0.15) is 0 Å². The highest BCUT2D eigenvalue weighted by Crippen LogP contribution is 2.16. The zero-order valence-electron chi connectivity index (χ0n) is 10.6. The van der Waals surface area contributed by atoms with Crippen LogP contribution in [-0.4, -0.2) is 13.2 Å². The maximum Gasteiger partial charge on any atom is 0.126 e. The molecule has 0 fully saturated rings. The van der Waals surface area contributed by atoms with Crippen LogP contribution in [0.1, 0.15) is 5.56 Å². The van der Waals surface area contributed by atoms with E-state index >= 15 is 0 Å². The smallest absolute Gasteiger partial charge is 0.126 e. The van der Waals surface area contributed by atoms with E-state index in [0.29, 0.717) is 29.5 Å². The van der Waals surface area contributed by atoms with Gasteiger partial charge >= 0.3 is 0 Å². The normalized spacial score (nSPS) is 10.3. The van der Waals surface area contributed by atoms with Crippen LogP contribution in [0.15, 0.2) is 42.5 Å². The predicted molar refractivity (Wildman–Crippen MR) is 76.6 cm³/mol. The Morgan fingerprint density at radius 1 is 1.16 bits per heavy atom. The van der Waals surface area contributed by atoms with Gasteiger partial charge in [-0.15, -0.1) is 0 Å². The van der Waals surface area contributed by atoms with Gasteiger partial charge in [0.25, 0.3) is 0 Å². The average molecular weight is 280 g/mol. The van der Waals surface area contributed by atoms with Crippen molar-refractivity contribution >= 4 is 17.3 Å². The summed E-state index contributed by atoms with van der Waals surface area (Å²) in [7, 11) is 0. The van der Waals surface area contributed by atoms with Crippen LogP contribution in [0.4, 0.5) is 10.1 Å². The summed E-state index contributed by atoms with van der Waals surface area (Å²) in [5, 5.41) is 3.92. The number of benzene rings is 2. The van der Waals surface area contributed by atoms with Gasteiger partial charge in [-0.25, -0.2) is 4.39 Å². The Morgan fingerprint density at radius 2 is 1.89 bits per heavy atom. The van der Waals surface area contributed by atoms with E-state index in [4.69, 9.17) is 16.3 Å². The zero-order valence-corrected chi connectivity index (χ0v) is 11.4. The summed E-state index contributed by atoms with van der Waals surface area (Å²) in [5.74, 6) is 0.462. The molecular weight excluding hydrogens is 265 g/mol. The van der Waals surface area contributed by atoms with Crippen molar-refractivity contribution in [3.63, 3.8) is 0 Å². The minimum atomic E-state index is -0.216. The van der Waals surface area contributed by atoms with Gasteiger partial charge in [0.2, 0.25) is 0 Å². The minimum absolute atomic E-state index is 0.216. The van der Waals surface area contributed by atoms with Crippen LogP contribution in [0.5, 0.6) is 5.75 Å². The summed E-state index contributed by atoms with van der Waals surface area (Å²) in [6.45, 7) is 2.89. The monoisotopic (exact) mass is 279 g/mol. The molecule has 0 bridgehead atoms. The Balaban J connectivity index is 1.77. The van der Waals surface area contributed by atoms with E-state index in [1.54, 1.807) is 19.1 Å². The first kappa shape index (κ1) is 13.7. The maximum absolute atomic E-state index is 13.1. The van der Waals surface area contributed by atoms with Crippen LogP contribution in [0.25, 0.3) is 0 Å².